The van der Waals surface area contributed by atoms with Gasteiger partial charge in [-0.3, -0.25) is 9.69 Å². The van der Waals surface area contributed by atoms with Crippen LogP contribution in [0.25, 0.3) is 0 Å². The van der Waals surface area contributed by atoms with Gasteiger partial charge in [0, 0.05) is 5.56 Å². The van der Waals surface area contributed by atoms with E-state index in [1.54, 1.807) is 6.92 Å². The average Bonchev–Trinajstić information content (AvgIpc) is 2.85. The molecule has 1 aliphatic heterocycles. The summed E-state index contributed by atoms with van der Waals surface area (Å²) in [6.45, 7) is 3.86. The summed E-state index contributed by atoms with van der Waals surface area (Å²) in [6.07, 6.45) is 4.61. The van der Waals surface area contributed by atoms with Crippen molar-refractivity contribution in [2.75, 3.05) is 0 Å². The van der Waals surface area contributed by atoms with Crippen LogP contribution in [0, 0.1) is 13.8 Å². The van der Waals surface area contributed by atoms with Crippen LogP contribution >= 0.6 is 0 Å². The third kappa shape index (κ3) is 1.90. The first-order valence-electron chi connectivity index (χ1n) is 7.09. The number of carbonyl (C=O) groups is 2. The second-order valence-electron chi connectivity index (χ2n) is 5.77. The Morgan fingerprint density at radius 3 is 2.55 bits per heavy atom. The highest BCUT2D eigenvalue weighted by Crippen LogP contribution is 2.34. The monoisotopic (exact) mass is 277 g/mol. The maximum absolute atomic E-state index is 12.6. The second-order valence-corrected chi connectivity index (χ2v) is 5.77. The Morgan fingerprint density at radius 1 is 1.25 bits per heavy atom. The van der Waals surface area contributed by atoms with E-state index in [4.69, 9.17) is 4.52 Å². The van der Waals surface area contributed by atoms with Crippen LogP contribution in [0.4, 0.5) is 4.79 Å². The van der Waals surface area contributed by atoms with Crippen LogP contribution < -0.4 is 5.32 Å². The van der Waals surface area contributed by atoms with Gasteiger partial charge < -0.3 is 9.84 Å². The van der Waals surface area contributed by atoms with Gasteiger partial charge in [-0.2, -0.15) is 0 Å². The summed E-state index contributed by atoms with van der Waals surface area (Å²) in [4.78, 5) is 26.1. The number of hydrogen-bond donors (Lipinski definition) is 1. The zero-order chi connectivity index (χ0) is 14.3. The minimum atomic E-state index is -0.658. The SMILES string of the molecule is Cc1noc(C)c1CN1C(=O)NC2(CCCCC2)C1=O. The van der Waals surface area contributed by atoms with E-state index in [0.29, 0.717) is 5.76 Å². The first-order valence-corrected chi connectivity index (χ1v) is 7.09. The van der Waals surface area contributed by atoms with E-state index in [-0.39, 0.29) is 18.5 Å². The molecule has 1 N–H and O–H groups in total. The molecule has 3 amide bonds. The van der Waals surface area contributed by atoms with Crippen LogP contribution in [0.2, 0.25) is 0 Å². The van der Waals surface area contributed by atoms with E-state index in [2.05, 4.69) is 10.5 Å². The lowest BCUT2D eigenvalue weighted by Gasteiger charge is -2.30. The summed E-state index contributed by atoms with van der Waals surface area (Å²) in [5.74, 6) is 0.565. The smallest absolute Gasteiger partial charge is 0.325 e. The second kappa shape index (κ2) is 4.61. The molecule has 1 saturated heterocycles. The Bertz CT molecular complexity index is 539. The lowest BCUT2D eigenvalue weighted by Crippen LogP contribution is -2.48. The van der Waals surface area contributed by atoms with Crippen molar-refractivity contribution in [3.05, 3.63) is 17.0 Å². The Morgan fingerprint density at radius 2 is 1.95 bits per heavy atom. The highest BCUT2D eigenvalue weighted by atomic mass is 16.5. The van der Waals surface area contributed by atoms with Crippen LogP contribution in [-0.4, -0.2) is 27.5 Å². The largest absolute Gasteiger partial charge is 0.361 e. The number of hydrogen-bond acceptors (Lipinski definition) is 4. The van der Waals surface area contributed by atoms with Gasteiger partial charge in [0.25, 0.3) is 5.91 Å². The molecule has 6 nitrogen and oxygen atoms in total. The molecule has 0 radical (unpaired) electrons. The molecule has 2 fully saturated rings. The van der Waals surface area contributed by atoms with Crippen LogP contribution in [-0.2, 0) is 11.3 Å². The molecule has 0 aromatic carbocycles. The first-order chi connectivity index (χ1) is 9.53. The highest BCUT2D eigenvalue weighted by Gasteiger charge is 2.51. The lowest BCUT2D eigenvalue weighted by molar-refractivity contribution is -0.132. The summed E-state index contributed by atoms with van der Waals surface area (Å²) >= 11 is 0. The summed E-state index contributed by atoms with van der Waals surface area (Å²) in [5.41, 5.74) is 0.892. The number of imide groups is 1. The standard InChI is InChI=1S/C14H19N3O3/c1-9-11(10(2)20-16-9)8-17-12(18)14(15-13(17)19)6-4-3-5-7-14/h3-8H2,1-2H3,(H,15,19). The number of aryl methyl sites for hydroxylation is 2. The van der Waals surface area contributed by atoms with Gasteiger partial charge in [0.05, 0.1) is 12.2 Å². The van der Waals surface area contributed by atoms with E-state index in [1.807, 2.05) is 6.92 Å². The molecule has 1 aromatic heterocycles. The van der Waals surface area contributed by atoms with Crippen molar-refractivity contribution in [1.82, 2.24) is 15.4 Å². The van der Waals surface area contributed by atoms with Crippen LogP contribution in [0.1, 0.15) is 49.1 Å². The molecule has 2 aliphatic rings. The van der Waals surface area contributed by atoms with Gasteiger partial charge >= 0.3 is 6.03 Å². The van der Waals surface area contributed by atoms with Gasteiger partial charge in [-0.25, -0.2) is 4.79 Å². The molecular weight excluding hydrogens is 258 g/mol. The predicted molar refractivity (Wildman–Crippen MR) is 70.9 cm³/mol. The third-order valence-corrected chi connectivity index (χ3v) is 4.45. The van der Waals surface area contributed by atoms with E-state index < -0.39 is 5.54 Å². The summed E-state index contributed by atoms with van der Waals surface area (Å²) in [7, 11) is 0. The molecule has 1 aliphatic carbocycles. The van der Waals surface area contributed by atoms with Crippen LogP contribution in [0.15, 0.2) is 4.52 Å². The summed E-state index contributed by atoms with van der Waals surface area (Å²) in [6, 6.07) is -0.295. The molecule has 6 heteroatoms. The first kappa shape index (κ1) is 13.1. The van der Waals surface area contributed by atoms with Crippen molar-refractivity contribution in [2.24, 2.45) is 0 Å². The summed E-state index contributed by atoms with van der Waals surface area (Å²) in [5, 5.41) is 6.77. The topological polar surface area (TPSA) is 75.4 Å². The lowest BCUT2D eigenvalue weighted by atomic mass is 9.82. The molecule has 3 rings (SSSR count). The number of urea groups is 1. The Labute approximate surface area is 117 Å². The predicted octanol–water partition coefficient (Wildman–Crippen LogP) is 2.05. The van der Waals surface area contributed by atoms with Crippen LogP contribution in [0.3, 0.4) is 0 Å². The number of nitrogens with one attached hydrogen (secondary N) is 1. The molecule has 0 atom stereocenters. The van der Waals surface area contributed by atoms with Crippen molar-refractivity contribution < 1.29 is 14.1 Å². The van der Waals surface area contributed by atoms with E-state index in [0.717, 1.165) is 43.4 Å². The third-order valence-electron chi connectivity index (χ3n) is 4.45. The summed E-state index contributed by atoms with van der Waals surface area (Å²) < 4.78 is 5.09. The van der Waals surface area contributed by atoms with E-state index in [1.165, 1.54) is 4.90 Å². The zero-order valence-corrected chi connectivity index (χ0v) is 11.9. The minimum absolute atomic E-state index is 0.0952. The molecule has 2 heterocycles. The van der Waals surface area contributed by atoms with Gasteiger partial charge in [-0.05, 0) is 26.7 Å². The number of rotatable bonds is 2. The number of carbonyl (C=O) groups excluding carboxylic acids is 2. The van der Waals surface area contributed by atoms with E-state index >= 15 is 0 Å². The highest BCUT2D eigenvalue weighted by molar-refractivity contribution is 6.07. The molecule has 1 saturated carbocycles. The van der Waals surface area contributed by atoms with Crippen LogP contribution in [0.5, 0.6) is 0 Å². The number of aromatic nitrogens is 1. The quantitative estimate of drug-likeness (QED) is 0.839. The minimum Gasteiger partial charge on any atom is -0.361 e. The number of nitrogens with zero attached hydrogens (tertiary/aromatic N) is 2. The van der Waals surface area contributed by atoms with E-state index in [9.17, 15) is 9.59 Å². The Kier molecular flexibility index (Phi) is 3.03. The number of amides is 3. The molecule has 1 aromatic rings. The average molecular weight is 277 g/mol. The fourth-order valence-electron chi connectivity index (χ4n) is 3.20. The molecule has 20 heavy (non-hydrogen) atoms. The Balaban J connectivity index is 1.84. The normalized spacial score (nSPS) is 21.6. The van der Waals surface area contributed by atoms with Gasteiger partial charge in [0.15, 0.2) is 0 Å². The van der Waals surface area contributed by atoms with Crippen molar-refractivity contribution >= 4 is 11.9 Å². The molecular formula is C14H19N3O3. The molecule has 1 spiro atoms. The molecule has 0 bridgehead atoms. The molecule has 0 unspecified atom stereocenters. The maximum atomic E-state index is 12.6. The maximum Gasteiger partial charge on any atom is 0.325 e. The Hall–Kier alpha value is -1.85. The fourth-order valence-corrected chi connectivity index (χ4v) is 3.20. The zero-order valence-electron chi connectivity index (χ0n) is 11.9. The fraction of sp³-hybridized carbons (Fsp3) is 0.643. The van der Waals surface area contributed by atoms with Crippen molar-refractivity contribution in [1.29, 1.82) is 0 Å². The van der Waals surface area contributed by atoms with Crippen molar-refractivity contribution in [3.8, 4) is 0 Å². The van der Waals surface area contributed by atoms with Crippen molar-refractivity contribution in [3.63, 3.8) is 0 Å². The van der Waals surface area contributed by atoms with Gasteiger partial charge in [0.2, 0.25) is 0 Å². The van der Waals surface area contributed by atoms with Gasteiger partial charge in [-0.15, -0.1) is 0 Å². The van der Waals surface area contributed by atoms with Gasteiger partial charge in [-0.1, -0.05) is 24.4 Å². The van der Waals surface area contributed by atoms with Gasteiger partial charge in [0.1, 0.15) is 11.3 Å². The van der Waals surface area contributed by atoms with Crippen molar-refractivity contribution in [2.45, 2.75) is 58.0 Å². The molecule has 108 valence electrons.